The summed E-state index contributed by atoms with van der Waals surface area (Å²) in [6.07, 6.45) is 0.919. The fourth-order valence-corrected chi connectivity index (χ4v) is 1.68. The molecule has 1 heterocycles. The van der Waals surface area contributed by atoms with E-state index in [9.17, 15) is 4.79 Å². The molecule has 0 spiro atoms. The Hall–Kier alpha value is -2.63. The molecular weight excluding hydrogens is 270 g/mol. The third-order valence-corrected chi connectivity index (χ3v) is 2.66. The molecule has 2 N–H and O–H groups in total. The summed E-state index contributed by atoms with van der Waals surface area (Å²) in [5, 5.41) is 12.1. The molecule has 2 aromatic rings. The van der Waals surface area contributed by atoms with Gasteiger partial charge < -0.3 is 15.2 Å². The largest absolute Gasteiger partial charge is 0.486 e. The lowest BCUT2D eigenvalue weighted by Crippen LogP contribution is -2.11. The summed E-state index contributed by atoms with van der Waals surface area (Å²) < 4.78 is 5.54. The van der Waals surface area contributed by atoms with Crippen LogP contribution in [0.3, 0.4) is 0 Å². The normalized spacial score (nSPS) is 10.1. The highest BCUT2D eigenvalue weighted by molar-refractivity contribution is 5.86. The van der Waals surface area contributed by atoms with E-state index in [2.05, 4.69) is 15.3 Å². The van der Waals surface area contributed by atoms with E-state index >= 15 is 0 Å². The first-order valence-electron chi connectivity index (χ1n) is 6.72. The molecule has 1 aromatic heterocycles. The zero-order valence-electron chi connectivity index (χ0n) is 11.7. The van der Waals surface area contributed by atoms with Crippen LogP contribution in [0.15, 0.2) is 36.4 Å². The van der Waals surface area contributed by atoms with Crippen molar-refractivity contribution >= 4 is 11.8 Å². The van der Waals surface area contributed by atoms with E-state index < -0.39 is 5.97 Å². The number of aromatic carboxylic acids is 1. The first kappa shape index (κ1) is 14.8. The average molecular weight is 287 g/mol. The maximum Gasteiger partial charge on any atom is 0.354 e. The van der Waals surface area contributed by atoms with E-state index in [0.29, 0.717) is 17.4 Å². The Morgan fingerprint density at radius 1 is 1.29 bits per heavy atom. The van der Waals surface area contributed by atoms with Crippen LogP contribution in [0.5, 0.6) is 5.75 Å². The van der Waals surface area contributed by atoms with Crippen LogP contribution in [-0.4, -0.2) is 27.6 Å². The summed E-state index contributed by atoms with van der Waals surface area (Å²) in [5.41, 5.74) is -0.0461. The van der Waals surface area contributed by atoms with Gasteiger partial charge in [0.25, 0.3) is 0 Å². The van der Waals surface area contributed by atoms with Crippen molar-refractivity contribution in [2.24, 2.45) is 0 Å². The van der Waals surface area contributed by atoms with Crippen molar-refractivity contribution in [2.45, 2.75) is 20.0 Å². The molecule has 21 heavy (non-hydrogen) atoms. The second-order valence-electron chi connectivity index (χ2n) is 4.39. The summed E-state index contributed by atoms with van der Waals surface area (Å²) >= 11 is 0. The molecule has 0 bridgehead atoms. The number of anilines is 1. The highest BCUT2D eigenvalue weighted by Crippen LogP contribution is 2.12. The molecule has 0 radical (unpaired) electrons. The third-order valence-electron chi connectivity index (χ3n) is 2.66. The average Bonchev–Trinajstić information content (AvgIpc) is 2.51. The van der Waals surface area contributed by atoms with Gasteiger partial charge in [0.05, 0.1) is 0 Å². The summed E-state index contributed by atoms with van der Waals surface area (Å²) in [4.78, 5) is 19.3. The fourth-order valence-electron chi connectivity index (χ4n) is 1.68. The number of hydrogen-bond acceptors (Lipinski definition) is 5. The monoisotopic (exact) mass is 287 g/mol. The van der Waals surface area contributed by atoms with E-state index in [1.54, 1.807) is 0 Å². The van der Waals surface area contributed by atoms with Crippen LogP contribution < -0.4 is 10.1 Å². The van der Waals surface area contributed by atoms with Crippen molar-refractivity contribution < 1.29 is 14.6 Å². The molecule has 0 atom stereocenters. The molecule has 110 valence electrons. The number of para-hydroxylation sites is 1. The second-order valence-corrected chi connectivity index (χ2v) is 4.39. The van der Waals surface area contributed by atoms with Crippen molar-refractivity contribution in [2.75, 3.05) is 11.9 Å². The van der Waals surface area contributed by atoms with Gasteiger partial charge in [0.15, 0.2) is 11.5 Å². The highest BCUT2D eigenvalue weighted by atomic mass is 16.5. The quantitative estimate of drug-likeness (QED) is 0.814. The number of rotatable bonds is 7. The Bertz CT molecular complexity index is 602. The predicted octanol–water partition coefficient (Wildman–Crippen LogP) is 2.58. The van der Waals surface area contributed by atoms with Gasteiger partial charge in [-0.15, -0.1) is 0 Å². The molecule has 1 aromatic carbocycles. The SMILES string of the molecule is CCCNc1cc(C(=O)O)nc(COc2ccccc2)n1. The molecule has 0 unspecified atom stereocenters. The van der Waals surface area contributed by atoms with Crippen molar-refractivity contribution in [1.29, 1.82) is 0 Å². The maximum atomic E-state index is 11.1. The Labute approximate surface area is 122 Å². The standard InChI is InChI=1S/C15H17N3O3/c1-2-8-16-13-9-12(15(19)20)17-14(18-13)10-21-11-6-4-3-5-7-11/h3-7,9H,2,8,10H2,1H3,(H,19,20)(H,16,17,18). The van der Waals surface area contributed by atoms with Gasteiger partial charge in [0, 0.05) is 12.6 Å². The van der Waals surface area contributed by atoms with Crippen LogP contribution in [0.4, 0.5) is 5.82 Å². The molecular formula is C15H17N3O3. The van der Waals surface area contributed by atoms with E-state index in [1.165, 1.54) is 6.07 Å². The molecule has 0 aliphatic carbocycles. The minimum atomic E-state index is -1.09. The lowest BCUT2D eigenvalue weighted by atomic mass is 10.3. The fraction of sp³-hybridized carbons (Fsp3) is 0.267. The lowest BCUT2D eigenvalue weighted by molar-refractivity contribution is 0.0689. The van der Waals surface area contributed by atoms with E-state index in [4.69, 9.17) is 9.84 Å². The number of benzene rings is 1. The molecule has 0 saturated carbocycles. The molecule has 2 rings (SSSR count). The number of nitrogens with zero attached hydrogens (tertiary/aromatic N) is 2. The zero-order chi connectivity index (χ0) is 15.1. The van der Waals surface area contributed by atoms with Crippen LogP contribution in [0.1, 0.15) is 29.7 Å². The number of carboxylic acid groups (broad SMARTS) is 1. The van der Waals surface area contributed by atoms with Gasteiger partial charge in [-0.2, -0.15) is 0 Å². The van der Waals surface area contributed by atoms with Gasteiger partial charge in [0.2, 0.25) is 0 Å². The minimum Gasteiger partial charge on any atom is -0.486 e. The zero-order valence-corrected chi connectivity index (χ0v) is 11.7. The minimum absolute atomic E-state index is 0.0461. The van der Waals surface area contributed by atoms with E-state index in [1.807, 2.05) is 37.3 Å². The molecule has 0 amide bonds. The van der Waals surface area contributed by atoms with Gasteiger partial charge in [-0.25, -0.2) is 14.8 Å². The van der Waals surface area contributed by atoms with Crippen LogP contribution in [0, 0.1) is 0 Å². The van der Waals surface area contributed by atoms with Crippen molar-refractivity contribution in [3.05, 3.63) is 47.9 Å². The third kappa shape index (κ3) is 4.45. The summed E-state index contributed by atoms with van der Waals surface area (Å²) in [6, 6.07) is 10.7. The highest BCUT2D eigenvalue weighted by Gasteiger charge is 2.10. The Balaban J connectivity index is 2.13. The smallest absolute Gasteiger partial charge is 0.354 e. The number of carboxylic acids is 1. The first-order chi connectivity index (χ1) is 10.2. The number of ether oxygens (including phenoxy) is 1. The summed E-state index contributed by atoms with van der Waals surface area (Å²) in [5.74, 6) is 0.427. The number of nitrogens with one attached hydrogen (secondary N) is 1. The molecule has 0 fully saturated rings. The second kappa shape index (κ2) is 7.23. The Kier molecular flexibility index (Phi) is 5.09. The van der Waals surface area contributed by atoms with Gasteiger partial charge in [-0.3, -0.25) is 0 Å². The topological polar surface area (TPSA) is 84.3 Å². The maximum absolute atomic E-state index is 11.1. The Morgan fingerprint density at radius 2 is 2.05 bits per heavy atom. The van der Waals surface area contributed by atoms with Gasteiger partial charge in [-0.1, -0.05) is 25.1 Å². The Morgan fingerprint density at radius 3 is 2.71 bits per heavy atom. The first-order valence-corrected chi connectivity index (χ1v) is 6.72. The molecule has 0 aliphatic rings. The summed E-state index contributed by atoms with van der Waals surface area (Å²) in [7, 11) is 0. The lowest BCUT2D eigenvalue weighted by Gasteiger charge is -2.09. The molecule has 0 saturated heterocycles. The van der Waals surface area contributed by atoms with Crippen LogP contribution in [-0.2, 0) is 6.61 Å². The number of carbonyl (C=O) groups is 1. The van der Waals surface area contributed by atoms with E-state index in [0.717, 1.165) is 13.0 Å². The number of aromatic nitrogens is 2. The van der Waals surface area contributed by atoms with Crippen LogP contribution in [0.25, 0.3) is 0 Å². The van der Waals surface area contributed by atoms with Gasteiger partial charge >= 0.3 is 5.97 Å². The van der Waals surface area contributed by atoms with Crippen molar-refractivity contribution in [1.82, 2.24) is 9.97 Å². The van der Waals surface area contributed by atoms with Crippen LogP contribution >= 0.6 is 0 Å². The van der Waals surface area contributed by atoms with Gasteiger partial charge in [0.1, 0.15) is 18.2 Å². The molecule has 6 nitrogen and oxygen atoms in total. The van der Waals surface area contributed by atoms with Crippen molar-refractivity contribution in [3.8, 4) is 5.75 Å². The number of hydrogen-bond donors (Lipinski definition) is 2. The summed E-state index contributed by atoms with van der Waals surface area (Å²) in [6.45, 7) is 2.85. The van der Waals surface area contributed by atoms with E-state index in [-0.39, 0.29) is 12.3 Å². The molecule has 0 aliphatic heterocycles. The van der Waals surface area contributed by atoms with Gasteiger partial charge in [-0.05, 0) is 18.6 Å². The van der Waals surface area contributed by atoms with Crippen molar-refractivity contribution in [3.63, 3.8) is 0 Å². The predicted molar refractivity (Wildman–Crippen MR) is 78.5 cm³/mol. The van der Waals surface area contributed by atoms with Crippen LogP contribution in [0.2, 0.25) is 0 Å². The molecule has 6 heteroatoms.